The summed E-state index contributed by atoms with van der Waals surface area (Å²) in [5, 5.41) is 16.9. The summed E-state index contributed by atoms with van der Waals surface area (Å²) in [5.74, 6) is 0.625. The fourth-order valence-electron chi connectivity index (χ4n) is 3.42. The maximum atomic E-state index is 10.8. The highest BCUT2D eigenvalue weighted by Gasteiger charge is 2.45. The van der Waals surface area contributed by atoms with Crippen molar-refractivity contribution in [1.29, 1.82) is 0 Å². The Labute approximate surface area is 153 Å². The zero-order valence-electron chi connectivity index (χ0n) is 14.4. The molecule has 0 bridgehead atoms. The van der Waals surface area contributed by atoms with Gasteiger partial charge in [-0.25, -0.2) is 15.0 Å². The number of nitrogens with zero attached hydrogens (tertiary/aromatic N) is 5. The van der Waals surface area contributed by atoms with Gasteiger partial charge in [-0.3, -0.25) is 4.68 Å². The summed E-state index contributed by atoms with van der Waals surface area (Å²) in [6.45, 7) is 0. The van der Waals surface area contributed by atoms with Gasteiger partial charge in [0.05, 0.1) is 6.10 Å². The molecule has 0 aliphatic heterocycles. The van der Waals surface area contributed by atoms with Gasteiger partial charge in [-0.05, 0) is 12.1 Å². The van der Waals surface area contributed by atoms with E-state index in [0.717, 1.165) is 26.0 Å². The summed E-state index contributed by atoms with van der Waals surface area (Å²) >= 11 is 1.52. The summed E-state index contributed by atoms with van der Waals surface area (Å²) in [7, 11) is 3.55. The van der Waals surface area contributed by atoms with Crippen LogP contribution in [0.5, 0.6) is 0 Å². The molecule has 0 saturated heterocycles. The van der Waals surface area contributed by atoms with Crippen LogP contribution < -0.4 is 0 Å². The summed E-state index contributed by atoms with van der Waals surface area (Å²) in [5.41, 5.74) is 0.752. The number of fused-ring (bicyclic) bond motifs is 2. The lowest BCUT2D eigenvalue weighted by atomic mass is 9.76. The highest BCUT2D eigenvalue weighted by Crippen LogP contribution is 2.46. The predicted octanol–water partition coefficient (Wildman–Crippen LogP) is 2.64. The van der Waals surface area contributed by atoms with Crippen molar-refractivity contribution >= 4 is 32.6 Å². The van der Waals surface area contributed by atoms with Crippen LogP contribution in [0, 0.1) is 0 Å². The minimum absolute atomic E-state index is 0.129. The molecule has 0 spiro atoms. The number of thiophene rings is 1. The normalized spacial score (nSPS) is 22.8. The van der Waals surface area contributed by atoms with E-state index in [1.807, 2.05) is 25.4 Å². The van der Waals surface area contributed by atoms with Crippen LogP contribution in [0.2, 0.25) is 0 Å². The summed E-state index contributed by atoms with van der Waals surface area (Å²) in [4.78, 5) is 15.3. The molecule has 132 valence electrons. The summed E-state index contributed by atoms with van der Waals surface area (Å²) in [6, 6.07) is 3.98. The number of hydrogen-bond acceptors (Lipinski definition) is 7. The largest absolute Gasteiger partial charge is 0.384 e. The molecule has 0 amide bonds. The van der Waals surface area contributed by atoms with E-state index in [4.69, 9.17) is 4.74 Å². The van der Waals surface area contributed by atoms with Crippen LogP contribution in [0.4, 0.5) is 0 Å². The monoisotopic (exact) mass is 367 g/mol. The third-order valence-electron chi connectivity index (χ3n) is 4.93. The lowest BCUT2D eigenvalue weighted by molar-refractivity contribution is -0.130. The van der Waals surface area contributed by atoms with Crippen molar-refractivity contribution in [2.24, 2.45) is 7.05 Å². The number of aryl methyl sites for hydroxylation is 1. The molecular formula is C18H17N5O2S. The summed E-state index contributed by atoms with van der Waals surface area (Å²) in [6.07, 6.45) is 6.85. The number of aromatic nitrogens is 5. The average Bonchev–Trinajstić information content (AvgIpc) is 3.19. The second-order valence-electron chi connectivity index (χ2n) is 6.80. The van der Waals surface area contributed by atoms with E-state index in [0.29, 0.717) is 24.3 Å². The molecule has 26 heavy (non-hydrogen) atoms. The van der Waals surface area contributed by atoms with Crippen molar-refractivity contribution in [1.82, 2.24) is 24.7 Å². The van der Waals surface area contributed by atoms with Crippen LogP contribution >= 0.6 is 11.3 Å². The van der Waals surface area contributed by atoms with Gasteiger partial charge in [0, 0.05) is 66.8 Å². The molecule has 1 saturated carbocycles. The highest BCUT2D eigenvalue weighted by molar-refractivity contribution is 7.18. The molecule has 4 aromatic rings. The van der Waals surface area contributed by atoms with Crippen molar-refractivity contribution < 1.29 is 9.84 Å². The highest BCUT2D eigenvalue weighted by atomic mass is 32.1. The Morgan fingerprint density at radius 2 is 2.08 bits per heavy atom. The van der Waals surface area contributed by atoms with Crippen molar-refractivity contribution in [3.05, 3.63) is 35.6 Å². The molecule has 0 atom stereocenters. The molecule has 0 aromatic carbocycles. The van der Waals surface area contributed by atoms with Gasteiger partial charge in [0.15, 0.2) is 11.5 Å². The molecule has 0 radical (unpaired) electrons. The molecule has 4 aromatic heterocycles. The first-order chi connectivity index (χ1) is 12.5. The molecule has 0 unspecified atom stereocenters. The number of ether oxygens (including phenoxy) is 1. The van der Waals surface area contributed by atoms with Crippen LogP contribution in [0.1, 0.15) is 17.7 Å². The van der Waals surface area contributed by atoms with Crippen LogP contribution in [0.25, 0.3) is 32.6 Å². The van der Waals surface area contributed by atoms with Crippen molar-refractivity contribution in [3.8, 4) is 11.4 Å². The molecule has 1 aliphatic rings. The Kier molecular flexibility index (Phi) is 3.37. The first-order valence-electron chi connectivity index (χ1n) is 8.36. The molecule has 5 rings (SSSR count). The standard InChI is InChI=1S/C18H17N5O2S/c1-23-9-12-3-10(7-20-16(12)22-23)15-19-8-11-4-14(26-17(11)21-15)18(24)5-13(6-18)25-2/h3-4,7-9,13,24H,5-6H2,1-2H3. The van der Waals surface area contributed by atoms with Crippen molar-refractivity contribution in [2.45, 2.75) is 24.5 Å². The van der Waals surface area contributed by atoms with E-state index >= 15 is 0 Å². The van der Waals surface area contributed by atoms with Crippen LogP contribution in [0.3, 0.4) is 0 Å². The lowest BCUT2D eigenvalue weighted by Gasteiger charge is -2.41. The number of rotatable bonds is 3. The topological polar surface area (TPSA) is 86.0 Å². The fraction of sp³-hybridized carbons (Fsp3) is 0.333. The Balaban J connectivity index is 1.53. The maximum Gasteiger partial charge on any atom is 0.181 e. The molecular weight excluding hydrogens is 350 g/mol. The van der Waals surface area contributed by atoms with Gasteiger partial charge in [-0.2, -0.15) is 5.10 Å². The smallest absolute Gasteiger partial charge is 0.181 e. The predicted molar refractivity (Wildman–Crippen MR) is 98.8 cm³/mol. The van der Waals surface area contributed by atoms with Gasteiger partial charge in [-0.1, -0.05) is 0 Å². The van der Waals surface area contributed by atoms with Gasteiger partial charge in [-0.15, -0.1) is 11.3 Å². The Morgan fingerprint density at radius 3 is 2.88 bits per heavy atom. The minimum Gasteiger partial charge on any atom is -0.384 e. The molecule has 1 fully saturated rings. The van der Waals surface area contributed by atoms with Gasteiger partial charge < -0.3 is 9.84 Å². The Morgan fingerprint density at radius 1 is 1.23 bits per heavy atom. The molecule has 7 nitrogen and oxygen atoms in total. The average molecular weight is 367 g/mol. The van der Waals surface area contributed by atoms with E-state index < -0.39 is 5.60 Å². The van der Waals surface area contributed by atoms with E-state index in [-0.39, 0.29) is 6.10 Å². The van der Waals surface area contributed by atoms with Crippen molar-refractivity contribution in [2.75, 3.05) is 7.11 Å². The maximum absolute atomic E-state index is 10.8. The molecule has 1 N–H and O–H groups in total. The number of hydrogen-bond donors (Lipinski definition) is 1. The Hall–Kier alpha value is -2.42. The number of aliphatic hydroxyl groups is 1. The summed E-state index contributed by atoms with van der Waals surface area (Å²) < 4.78 is 7.03. The van der Waals surface area contributed by atoms with Crippen molar-refractivity contribution in [3.63, 3.8) is 0 Å². The minimum atomic E-state index is -0.803. The van der Waals surface area contributed by atoms with Gasteiger partial charge >= 0.3 is 0 Å². The van der Waals surface area contributed by atoms with E-state index in [1.165, 1.54) is 11.3 Å². The second-order valence-corrected chi connectivity index (χ2v) is 7.83. The van der Waals surface area contributed by atoms with Crippen LogP contribution in [-0.4, -0.2) is 43.1 Å². The SMILES string of the molecule is COC1CC(O)(c2cc3cnc(-c4cnc5nn(C)cc5c4)nc3s2)C1. The molecule has 4 heterocycles. The third kappa shape index (κ3) is 2.41. The number of methoxy groups -OCH3 is 1. The fourth-order valence-corrected chi connectivity index (χ4v) is 4.53. The van der Waals surface area contributed by atoms with E-state index in [9.17, 15) is 5.11 Å². The van der Waals surface area contributed by atoms with Crippen LogP contribution in [0.15, 0.2) is 30.7 Å². The quantitative estimate of drug-likeness (QED) is 0.599. The van der Waals surface area contributed by atoms with Gasteiger partial charge in [0.1, 0.15) is 10.4 Å². The van der Waals surface area contributed by atoms with E-state index in [1.54, 1.807) is 24.2 Å². The first kappa shape index (κ1) is 15.8. The molecule has 8 heteroatoms. The lowest BCUT2D eigenvalue weighted by Crippen LogP contribution is -2.44. The zero-order chi connectivity index (χ0) is 17.9. The number of pyridine rings is 1. The van der Waals surface area contributed by atoms with Gasteiger partial charge in [0.2, 0.25) is 0 Å². The first-order valence-corrected chi connectivity index (χ1v) is 9.18. The molecule has 1 aliphatic carbocycles. The third-order valence-corrected chi connectivity index (χ3v) is 6.17. The van der Waals surface area contributed by atoms with Gasteiger partial charge in [0.25, 0.3) is 0 Å². The second kappa shape index (κ2) is 5.54. The zero-order valence-corrected chi connectivity index (χ0v) is 15.2. The van der Waals surface area contributed by atoms with E-state index in [2.05, 4.69) is 20.1 Å². The Bertz CT molecular complexity index is 1130. The van der Waals surface area contributed by atoms with Crippen LogP contribution in [-0.2, 0) is 17.4 Å².